The second-order valence-corrected chi connectivity index (χ2v) is 12.4. The maximum Gasteiger partial charge on any atom is 0.494 e. The number of piperazine rings is 1. The minimum atomic E-state index is -0.614. The third kappa shape index (κ3) is 6.70. The van der Waals surface area contributed by atoms with Gasteiger partial charge in [0.1, 0.15) is 11.2 Å². The first-order valence-corrected chi connectivity index (χ1v) is 12.3. The molecule has 3 rings (SSSR count). The van der Waals surface area contributed by atoms with Crippen LogP contribution in [0.1, 0.15) is 79.6 Å². The van der Waals surface area contributed by atoms with Crippen molar-refractivity contribution in [1.29, 1.82) is 0 Å². The summed E-state index contributed by atoms with van der Waals surface area (Å²) >= 11 is 0. The van der Waals surface area contributed by atoms with Crippen molar-refractivity contribution in [3.8, 4) is 0 Å². The summed E-state index contributed by atoms with van der Waals surface area (Å²) in [7, 11) is -0.607. The highest BCUT2D eigenvalue weighted by Gasteiger charge is 2.52. The van der Waals surface area contributed by atoms with Crippen molar-refractivity contribution in [2.45, 2.75) is 91.6 Å². The van der Waals surface area contributed by atoms with Crippen LogP contribution in [0, 0.1) is 0 Å². The van der Waals surface area contributed by atoms with Crippen LogP contribution in [0.15, 0.2) is 18.2 Å². The van der Waals surface area contributed by atoms with Crippen LogP contribution < -0.4 is 10.4 Å². The van der Waals surface area contributed by atoms with Crippen LogP contribution in [0.4, 0.5) is 10.5 Å². The van der Waals surface area contributed by atoms with Gasteiger partial charge < -0.3 is 28.6 Å². The molecular formula is C26H41BN2O6. The van der Waals surface area contributed by atoms with E-state index in [-0.39, 0.29) is 6.09 Å². The van der Waals surface area contributed by atoms with Crippen LogP contribution >= 0.6 is 0 Å². The molecular weight excluding hydrogens is 447 g/mol. The molecule has 2 fully saturated rings. The van der Waals surface area contributed by atoms with Crippen molar-refractivity contribution in [3.05, 3.63) is 23.8 Å². The minimum absolute atomic E-state index is 0.308. The monoisotopic (exact) mass is 488 g/mol. The van der Waals surface area contributed by atoms with E-state index in [0.717, 1.165) is 11.2 Å². The van der Waals surface area contributed by atoms with Crippen LogP contribution in [-0.4, -0.2) is 72.7 Å². The summed E-state index contributed by atoms with van der Waals surface area (Å²) in [6, 6.07) is 5.63. The van der Waals surface area contributed by atoms with E-state index in [0.29, 0.717) is 31.7 Å². The van der Waals surface area contributed by atoms with Gasteiger partial charge >= 0.3 is 19.2 Å². The molecule has 0 saturated carbocycles. The van der Waals surface area contributed by atoms with Gasteiger partial charge in [0.15, 0.2) is 0 Å². The highest BCUT2D eigenvalue weighted by atomic mass is 16.7. The van der Waals surface area contributed by atoms with Crippen molar-refractivity contribution >= 4 is 30.3 Å². The zero-order valence-corrected chi connectivity index (χ0v) is 23.0. The lowest BCUT2D eigenvalue weighted by atomic mass is 9.78. The normalized spacial score (nSPS) is 20.1. The number of carbonyl (C=O) groups is 2. The summed E-state index contributed by atoms with van der Waals surface area (Å²) < 4.78 is 23.7. The third-order valence-corrected chi connectivity index (χ3v) is 6.40. The van der Waals surface area contributed by atoms with Crippen molar-refractivity contribution in [2.24, 2.45) is 0 Å². The van der Waals surface area contributed by atoms with Crippen molar-refractivity contribution in [3.63, 3.8) is 0 Å². The van der Waals surface area contributed by atoms with E-state index in [2.05, 4.69) is 4.90 Å². The second-order valence-electron chi connectivity index (χ2n) is 12.4. The summed E-state index contributed by atoms with van der Waals surface area (Å²) in [5, 5.41) is 0. The maximum atomic E-state index is 13.0. The molecule has 0 bridgehead atoms. The number of nitrogens with zero attached hydrogens (tertiary/aromatic N) is 2. The summed E-state index contributed by atoms with van der Waals surface area (Å²) in [6.07, 6.45) is -0.308. The average molecular weight is 488 g/mol. The lowest BCUT2D eigenvalue weighted by molar-refractivity contribution is 0.00578. The molecule has 0 aliphatic carbocycles. The molecule has 1 aromatic rings. The van der Waals surface area contributed by atoms with E-state index in [1.54, 1.807) is 11.0 Å². The van der Waals surface area contributed by atoms with Gasteiger partial charge in [-0.15, -0.1) is 0 Å². The SMILES string of the molecule is CC(C)(C)OC(=O)c1cc(B2OC(C)(C)C(C)(C)O2)cc(N2CCN(C(=O)OC(C)(C)C)CC2)c1. The molecule has 2 heterocycles. The molecule has 1 aromatic carbocycles. The number of benzene rings is 1. The van der Waals surface area contributed by atoms with Crippen LogP contribution in [-0.2, 0) is 18.8 Å². The van der Waals surface area contributed by atoms with E-state index in [1.807, 2.05) is 81.4 Å². The van der Waals surface area contributed by atoms with Gasteiger partial charge in [-0.3, -0.25) is 0 Å². The Balaban J connectivity index is 1.86. The molecule has 2 aliphatic rings. The molecule has 1 amide bonds. The standard InChI is InChI=1S/C26H41BN2O6/c1-23(2,3)32-21(30)18-15-19(27-34-25(7,8)26(9,10)35-27)17-20(16-18)28-11-13-29(14-12-28)22(31)33-24(4,5)6/h15-17H,11-14H2,1-10H3. The molecule has 2 saturated heterocycles. The van der Waals surface area contributed by atoms with E-state index >= 15 is 0 Å². The molecule has 0 aromatic heterocycles. The van der Waals surface area contributed by atoms with Crippen molar-refractivity contribution < 1.29 is 28.4 Å². The quantitative estimate of drug-likeness (QED) is 0.470. The first-order chi connectivity index (χ1) is 15.9. The molecule has 8 nitrogen and oxygen atoms in total. The number of anilines is 1. The highest BCUT2D eigenvalue weighted by Crippen LogP contribution is 2.37. The van der Waals surface area contributed by atoms with E-state index in [4.69, 9.17) is 18.8 Å². The van der Waals surface area contributed by atoms with Crippen LogP contribution in [0.25, 0.3) is 0 Å². The Morgan fingerprint density at radius 2 is 1.34 bits per heavy atom. The Bertz CT molecular complexity index is 940. The Morgan fingerprint density at radius 3 is 1.83 bits per heavy atom. The van der Waals surface area contributed by atoms with Gasteiger partial charge in [0, 0.05) is 31.9 Å². The predicted molar refractivity (Wildman–Crippen MR) is 137 cm³/mol. The van der Waals surface area contributed by atoms with Gasteiger partial charge in [-0.2, -0.15) is 0 Å². The molecule has 0 radical (unpaired) electrons. The van der Waals surface area contributed by atoms with E-state index in [9.17, 15) is 9.59 Å². The number of esters is 1. The number of ether oxygens (including phenoxy) is 2. The fourth-order valence-electron chi connectivity index (χ4n) is 3.86. The van der Waals surface area contributed by atoms with Gasteiger partial charge in [0.05, 0.1) is 16.8 Å². The topological polar surface area (TPSA) is 77.5 Å². The number of hydrogen-bond acceptors (Lipinski definition) is 7. The number of amides is 1. The molecule has 0 unspecified atom stereocenters. The molecule has 35 heavy (non-hydrogen) atoms. The Labute approximate surface area is 210 Å². The molecule has 9 heteroatoms. The fraction of sp³-hybridized carbons (Fsp3) is 0.692. The Hall–Kier alpha value is -2.26. The minimum Gasteiger partial charge on any atom is -0.456 e. The summed E-state index contributed by atoms with van der Waals surface area (Å²) in [4.78, 5) is 29.3. The second kappa shape index (κ2) is 9.32. The summed E-state index contributed by atoms with van der Waals surface area (Å²) in [5.74, 6) is -0.399. The van der Waals surface area contributed by atoms with Gasteiger partial charge in [0.25, 0.3) is 0 Å². The molecule has 0 atom stereocenters. The predicted octanol–water partition coefficient (Wildman–Crippen LogP) is 4.00. The van der Waals surface area contributed by atoms with Crippen LogP contribution in [0.2, 0.25) is 0 Å². The molecule has 2 aliphatic heterocycles. The third-order valence-electron chi connectivity index (χ3n) is 6.40. The van der Waals surface area contributed by atoms with E-state index in [1.165, 1.54) is 0 Å². The summed E-state index contributed by atoms with van der Waals surface area (Å²) in [6.45, 7) is 21.4. The lowest BCUT2D eigenvalue weighted by Gasteiger charge is -2.37. The highest BCUT2D eigenvalue weighted by molar-refractivity contribution is 6.62. The van der Waals surface area contributed by atoms with Crippen molar-refractivity contribution in [1.82, 2.24) is 4.90 Å². The Morgan fingerprint density at radius 1 is 0.829 bits per heavy atom. The van der Waals surface area contributed by atoms with Crippen molar-refractivity contribution in [2.75, 3.05) is 31.1 Å². The molecule has 0 spiro atoms. The Kier molecular flexibility index (Phi) is 7.28. The van der Waals surface area contributed by atoms with Gasteiger partial charge in [0.2, 0.25) is 0 Å². The summed E-state index contributed by atoms with van der Waals surface area (Å²) in [5.41, 5.74) is -0.0859. The van der Waals surface area contributed by atoms with E-state index < -0.39 is 35.5 Å². The van der Waals surface area contributed by atoms with Gasteiger partial charge in [-0.25, -0.2) is 9.59 Å². The first kappa shape index (κ1) is 27.3. The number of rotatable bonds is 3. The van der Waals surface area contributed by atoms with Crippen LogP contribution in [0.3, 0.4) is 0 Å². The van der Waals surface area contributed by atoms with Gasteiger partial charge in [-0.05, 0) is 92.9 Å². The molecule has 194 valence electrons. The maximum absolute atomic E-state index is 13.0. The largest absolute Gasteiger partial charge is 0.494 e. The first-order valence-electron chi connectivity index (χ1n) is 12.3. The molecule has 0 N–H and O–H groups in total. The number of carbonyl (C=O) groups excluding carboxylic acids is 2. The fourth-order valence-corrected chi connectivity index (χ4v) is 3.86. The zero-order valence-electron chi connectivity index (χ0n) is 23.0. The van der Waals surface area contributed by atoms with Crippen LogP contribution in [0.5, 0.6) is 0 Å². The smallest absolute Gasteiger partial charge is 0.456 e. The van der Waals surface area contributed by atoms with Gasteiger partial charge in [-0.1, -0.05) is 0 Å². The average Bonchev–Trinajstić information content (AvgIpc) is 2.92. The zero-order chi connectivity index (χ0) is 26.4. The lowest BCUT2D eigenvalue weighted by Crippen LogP contribution is -2.50. The number of hydrogen-bond donors (Lipinski definition) is 0.